The molecule has 2 aliphatic rings. The van der Waals surface area contributed by atoms with Crippen molar-refractivity contribution in [1.29, 1.82) is 0 Å². The van der Waals surface area contributed by atoms with E-state index in [2.05, 4.69) is 10.8 Å². The van der Waals surface area contributed by atoms with E-state index in [-0.39, 0.29) is 38.0 Å². The van der Waals surface area contributed by atoms with Crippen LogP contribution < -0.4 is 0 Å². The molecule has 12 heteroatoms. The second-order valence-electron chi connectivity index (χ2n) is 7.94. The summed E-state index contributed by atoms with van der Waals surface area (Å²) in [5, 5.41) is -5.20. The average molecular weight is 498 g/mol. The minimum absolute atomic E-state index is 0.0314. The van der Waals surface area contributed by atoms with Gasteiger partial charge in [-0.05, 0) is 30.4 Å². The Morgan fingerprint density at radius 2 is 1.76 bits per heavy atom. The third-order valence-electron chi connectivity index (χ3n) is 5.72. The third-order valence-corrected chi connectivity index (χ3v) is 7.04. The Balaban J connectivity index is 1.83. The van der Waals surface area contributed by atoms with Gasteiger partial charge in [-0.3, -0.25) is 8.98 Å². The number of alkyl halides is 5. The van der Waals surface area contributed by atoms with Gasteiger partial charge >= 0.3 is 21.5 Å². The molecule has 2 unspecified atom stereocenters. The van der Waals surface area contributed by atoms with Crippen molar-refractivity contribution < 1.29 is 48.8 Å². The predicted molar refractivity (Wildman–Crippen MR) is 107 cm³/mol. The van der Waals surface area contributed by atoms with E-state index in [0.717, 1.165) is 0 Å². The molecule has 184 valence electrons. The quantitative estimate of drug-likeness (QED) is 0.394. The van der Waals surface area contributed by atoms with Gasteiger partial charge in [0.2, 0.25) is 5.78 Å². The van der Waals surface area contributed by atoms with Crippen molar-refractivity contribution in [3.8, 4) is 0 Å². The van der Waals surface area contributed by atoms with Crippen LogP contribution in [0.25, 0.3) is 6.08 Å². The molecule has 6 nitrogen and oxygen atoms in total. The molecule has 1 saturated carbocycles. The third kappa shape index (κ3) is 5.28. The Hall–Kier alpha value is -1.89. The number of ether oxygens (including phenoxy) is 2. The maximum Gasteiger partial charge on any atom is 0.427 e. The van der Waals surface area contributed by atoms with E-state index in [1.165, 1.54) is 30.3 Å². The van der Waals surface area contributed by atoms with E-state index in [9.17, 15) is 35.2 Å². The van der Waals surface area contributed by atoms with Crippen molar-refractivity contribution in [1.82, 2.24) is 0 Å². The van der Waals surface area contributed by atoms with Gasteiger partial charge in [0, 0.05) is 18.8 Å². The van der Waals surface area contributed by atoms with Gasteiger partial charge in [-0.25, -0.2) is 0 Å². The van der Waals surface area contributed by atoms with E-state index in [1.807, 2.05) is 0 Å². The molecule has 2 fully saturated rings. The zero-order valence-corrected chi connectivity index (χ0v) is 18.3. The largest absolute Gasteiger partial charge is 0.427 e. The molecule has 1 aromatic rings. The molecule has 1 aliphatic carbocycles. The van der Waals surface area contributed by atoms with Crippen LogP contribution in [0.15, 0.2) is 30.8 Å². The maximum absolute atomic E-state index is 14.6. The minimum Gasteiger partial charge on any atom is -0.349 e. The standard InChI is InChI=1S/C21H23F5O6S/c1-2-14-6-8-15(9-7-14)13-17(27)21(25,26)33(28,29)32-18(20(22,23)24)16-5-3-10-19(16)30-11-4-12-31-19/h2,6-9,16,18H,1,3-5,10-13H2. The van der Waals surface area contributed by atoms with Gasteiger partial charge in [0.1, 0.15) is 0 Å². The fourth-order valence-corrected chi connectivity index (χ4v) is 5.04. The number of hydrogen-bond donors (Lipinski definition) is 0. The molecule has 2 atom stereocenters. The Morgan fingerprint density at radius 1 is 1.15 bits per heavy atom. The highest BCUT2D eigenvalue weighted by atomic mass is 32.2. The first kappa shape index (κ1) is 25.7. The van der Waals surface area contributed by atoms with Crippen LogP contribution in [0.4, 0.5) is 22.0 Å². The summed E-state index contributed by atoms with van der Waals surface area (Å²) in [6.07, 6.45) is -7.62. The van der Waals surface area contributed by atoms with Crippen LogP contribution in [0, 0.1) is 5.92 Å². The number of ketones is 1. The van der Waals surface area contributed by atoms with E-state index in [4.69, 9.17) is 9.47 Å². The summed E-state index contributed by atoms with van der Waals surface area (Å²) in [6, 6.07) is 5.53. The number of rotatable bonds is 8. The summed E-state index contributed by atoms with van der Waals surface area (Å²) in [4.78, 5) is 12.1. The lowest BCUT2D eigenvalue weighted by Gasteiger charge is -2.41. The van der Waals surface area contributed by atoms with E-state index in [1.54, 1.807) is 0 Å². The number of halogens is 5. The molecule has 3 rings (SSSR count). The van der Waals surface area contributed by atoms with Gasteiger partial charge in [0.15, 0.2) is 11.9 Å². The van der Waals surface area contributed by atoms with Crippen LogP contribution in [0.5, 0.6) is 0 Å². The van der Waals surface area contributed by atoms with Gasteiger partial charge in [-0.2, -0.15) is 30.4 Å². The fraction of sp³-hybridized carbons (Fsp3) is 0.571. The zero-order chi connectivity index (χ0) is 24.5. The zero-order valence-electron chi connectivity index (χ0n) is 17.4. The smallest absolute Gasteiger partial charge is 0.349 e. The fourth-order valence-electron chi connectivity index (χ4n) is 4.05. The molecule has 1 aliphatic heterocycles. The number of carbonyl (C=O) groups excluding carboxylic acids is 1. The first-order chi connectivity index (χ1) is 15.3. The Morgan fingerprint density at radius 3 is 2.30 bits per heavy atom. The van der Waals surface area contributed by atoms with E-state index < -0.39 is 51.6 Å². The van der Waals surface area contributed by atoms with Gasteiger partial charge in [-0.1, -0.05) is 36.9 Å². The minimum atomic E-state index is -6.30. The first-order valence-corrected chi connectivity index (χ1v) is 11.6. The molecule has 0 amide bonds. The van der Waals surface area contributed by atoms with Crippen LogP contribution in [0.1, 0.15) is 36.8 Å². The SMILES string of the molecule is C=Cc1ccc(CC(=O)C(F)(F)S(=O)(=O)OC(C2CCCC23OCCCO3)C(F)(F)F)cc1. The van der Waals surface area contributed by atoms with Crippen molar-refractivity contribution >= 4 is 22.0 Å². The van der Waals surface area contributed by atoms with Crippen LogP contribution >= 0.6 is 0 Å². The van der Waals surface area contributed by atoms with Crippen molar-refractivity contribution in [2.75, 3.05) is 13.2 Å². The molecule has 0 bridgehead atoms. The van der Waals surface area contributed by atoms with Crippen LogP contribution in [-0.4, -0.2) is 50.7 Å². The molecule has 1 spiro atoms. The number of hydrogen-bond acceptors (Lipinski definition) is 6. The molecule has 33 heavy (non-hydrogen) atoms. The van der Waals surface area contributed by atoms with Crippen molar-refractivity contribution in [3.63, 3.8) is 0 Å². The average Bonchev–Trinajstić information content (AvgIpc) is 3.14. The highest BCUT2D eigenvalue weighted by Crippen LogP contribution is 2.49. The normalized spacial score (nSPS) is 22.3. The summed E-state index contributed by atoms with van der Waals surface area (Å²) in [7, 11) is -6.30. The van der Waals surface area contributed by atoms with E-state index in [0.29, 0.717) is 12.0 Å². The van der Waals surface area contributed by atoms with Gasteiger partial charge < -0.3 is 9.47 Å². The van der Waals surface area contributed by atoms with E-state index >= 15 is 0 Å². The molecular formula is C21H23F5O6S. The van der Waals surface area contributed by atoms with Gasteiger partial charge in [0.25, 0.3) is 0 Å². The van der Waals surface area contributed by atoms with Gasteiger partial charge in [-0.15, -0.1) is 0 Å². The Kier molecular flexibility index (Phi) is 7.33. The van der Waals surface area contributed by atoms with Crippen molar-refractivity contribution in [2.24, 2.45) is 5.92 Å². The number of carbonyl (C=O) groups is 1. The molecule has 1 saturated heterocycles. The molecule has 1 aromatic carbocycles. The monoisotopic (exact) mass is 498 g/mol. The lowest BCUT2D eigenvalue weighted by atomic mass is 9.94. The molecule has 0 aromatic heterocycles. The van der Waals surface area contributed by atoms with Crippen LogP contribution in [-0.2, 0) is 35.0 Å². The van der Waals surface area contributed by atoms with Crippen molar-refractivity contribution in [2.45, 2.75) is 55.4 Å². The lowest BCUT2D eigenvalue weighted by Crippen LogP contribution is -2.54. The molecule has 0 N–H and O–H groups in total. The maximum atomic E-state index is 14.6. The van der Waals surface area contributed by atoms with Gasteiger partial charge in [0.05, 0.1) is 13.2 Å². The summed E-state index contributed by atoms with van der Waals surface area (Å²) >= 11 is 0. The summed E-state index contributed by atoms with van der Waals surface area (Å²) in [5.74, 6) is -5.58. The first-order valence-electron chi connectivity index (χ1n) is 10.2. The number of Topliss-reactive ketones (excluding diaryl/α,β-unsaturated/α-hetero) is 1. The number of benzene rings is 1. The van der Waals surface area contributed by atoms with Crippen molar-refractivity contribution in [3.05, 3.63) is 42.0 Å². The molecule has 1 heterocycles. The lowest BCUT2D eigenvalue weighted by molar-refractivity contribution is -0.317. The Labute approximate surface area is 187 Å². The second kappa shape index (κ2) is 9.40. The Bertz CT molecular complexity index is 968. The predicted octanol–water partition coefficient (Wildman–Crippen LogP) is 4.24. The van der Waals surface area contributed by atoms with Crippen LogP contribution in [0.3, 0.4) is 0 Å². The second-order valence-corrected chi connectivity index (χ2v) is 9.55. The highest BCUT2D eigenvalue weighted by molar-refractivity contribution is 7.88. The van der Waals surface area contributed by atoms with Crippen LogP contribution in [0.2, 0.25) is 0 Å². The summed E-state index contributed by atoms with van der Waals surface area (Å²) < 4.78 is 110. The topological polar surface area (TPSA) is 78.9 Å². The highest BCUT2D eigenvalue weighted by Gasteiger charge is 2.63. The summed E-state index contributed by atoms with van der Waals surface area (Å²) in [6.45, 7) is 3.67. The summed E-state index contributed by atoms with van der Waals surface area (Å²) in [5.41, 5.74) is 0.672. The molecule has 0 radical (unpaired) electrons. The molecular weight excluding hydrogens is 475 g/mol.